The van der Waals surface area contributed by atoms with E-state index in [9.17, 15) is 0 Å². The number of unbranched alkanes of at least 4 members (excludes halogenated alkanes) is 1. The normalized spacial score (nSPS) is 15.4. The molecule has 0 radical (unpaired) electrons. The highest BCUT2D eigenvalue weighted by molar-refractivity contribution is 9.10. The number of hydrogen-bond donors (Lipinski definition) is 0. The van der Waals surface area contributed by atoms with Gasteiger partial charge in [0.05, 0.1) is 0 Å². The van der Waals surface area contributed by atoms with Gasteiger partial charge in [0, 0.05) is 23.3 Å². The molecule has 1 aromatic carbocycles. The Morgan fingerprint density at radius 1 is 1.15 bits per heavy atom. The standard InChI is InChI=1S/C19H28BrN.C5H12/c1-15(2)21-12-10-17(11-13-21)6-4-5-7-18-8-9-19(20)16(3)14-18;1-5(2,3)4/h8-9,14,17H,1,4-7,10-13H2,2-3H3;1-4H3. The van der Waals surface area contributed by atoms with Crippen LogP contribution in [0, 0.1) is 18.3 Å². The molecule has 0 aromatic heterocycles. The van der Waals surface area contributed by atoms with Crippen LogP contribution in [0.5, 0.6) is 0 Å². The monoisotopic (exact) mass is 421 g/mol. The van der Waals surface area contributed by atoms with Gasteiger partial charge in [0.15, 0.2) is 0 Å². The van der Waals surface area contributed by atoms with Crippen molar-refractivity contribution in [2.24, 2.45) is 11.3 Å². The molecule has 0 spiro atoms. The Hall–Kier alpha value is -0.760. The van der Waals surface area contributed by atoms with Gasteiger partial charge >= 0.3 is 0 Å². The molecule has 0 amide bonds. The number of allylic oxidation sites excluding steroid dienone is 1. The van der Waals surface area contributed by atoms with Crippen LogP contribution in [-0.2, 0) is 6.42 Å². The number of rotatable bonds is 6. The van der Waals surface area contributed by atoms with Crippen LogP contribution in [0.1, 0.15) is 77.8 Å². The summed E-state index contributed by atoms with van der Waals surface area (Å²) < 4.78 is 1.22. The van der Waals surface area contributed by atoms with E-state index in [0.717, 1.165) is 5.92 Å². The summed E-state index contributed by atoms with van der Waals surface area (Å²) in [7, 11) is 0. The second-order valence-electron chi connectivity index (χ2n) is 9.50. The Bertz CT molecular complexity index is 542. The third kappa shape index (κ3) is 10.4. The fourth-order valence-electron chi connectivity index (χ4n) is 3.23. The van der Waals surface area contributed by atoms with Crippen molar-refractivity contribution in [3.05, 3.63) is 46.1 Å². The van der Waals surface area contributed by atoms with Crippen LogP contribution in [0.25, 0.3) is 0 Å². The topological polar surface area (TPSA) is 3.24 Å². The van der Waals surface area contributed by atoms with Gasteiger partial charge in [0.2, 0.25) is 0 Å². The van der Waals surface area contributed by atoms with Crippen LogP contribution in [0.2, 0.25) is 0 Å². The lowest BCUT2D eigenvalue weighted by atomic mass is 9.90. The molecule has 2 rings (SSSR count). The average Bonchev–Trinajstić information content (AvgIpc) is 2.54. The number of nitrogens with zero attached hydrogens (tertiary/aromatic N) is 1. The molecule has 1 aromatic rings. The number of benzene rings is 1. The predicted octanol–water partition coefficient (Wildman–Crippen LogP) is 7.77. The Morgan fingerprint density at radius 3 is 2.23 bits per heavy atom. The van der Waals surface area contributed by atoms with Gasteiger partial charge in [-0.25, -0.2) is 0 Å². The van der Waals surface area contributed by atoms with Crippen molar-refractivity contribution < 1.29 is 0 Å². The van der Waals surface area contributed by atoms with E-state index >= 15 is 0 Å². The molecule has 148 valence electrons. The van der Waals surface area contributed by atoms with Gasteiger partial charge in [-0.1, -0.05) is 75.2 Å². The van der Waals surface area contributed by atoms with Crippen LogP contribution >= 0.6 is 15.9 Å². The second kappa shape index (κ2) is 11.2. The predicted molar refractivity (Wildman–Crippen MR) is 121 cm³/mol. The molecule has 0 aliphatic carbocycles. The number of piperidine rings is 1. The largest absolute Gasteiger partial charge is 0.376 e. The lowest BCUT2D eigenvalue weighted by molar-refractivity contribution is 0.217. The van der Waals surface area contributed by atoms with Crippen molar-refractivity contribution >= 4 is 15.9 Å². The summed E-state index contributed by atoms with van der Waals surface area (Å²) in [6, 6.07) is 6.75. The van der Waals surface area contributed by atoms with Crippen molar-refractivity contribution in [2.75, 3.05) is 13.1 Å². The Morgan fingerprint density at radius 2 is 1.73 bits per heavy atom. The van der Waals surface area contributed by atoms with E-state index in [0.29, 0.717) is 5.41 Å². The molecular weight excluding hydrogens is 382 g/mol. The Balaban J connectivity index is 0.000000597. The maximum Gasteiger partial charge on any atom is 0.0204 e. The SMILES string of the molecule is C=C(C)N1CCC(CCCCc2ccc(Br)c(C)c2)CC1.CC(C)(C)C. The zero-order chi connectivity index (χ0) is 19.7. The van der Waals surface area contributed by atoms with E-state index in [2.05, 4.69) is 87.2 Å². The van der Waals surface area contributed by atoms with Crippen LogP contribution in [-0.4, -0.2) is 18.0 Å². The first-order chi connectivity index (χ1) is 12.1. The van der Waals surface area contributed by atoms with Gasteiger partial charge in [-0.15, -0.1) is 0 Å². The zero-order valence-electron chi connectivity index (χ0n) is 18.0. The van der Waals surface area contributed by atoms with E-state index in [1.807, 2.05) is 0 Å². The molecular formula is C24H40BrN. The first-order valence-corrected chi connectivity index (χ1v) is 11.0. The molecule has 26 heavy (non-hydrogen) atoms. The molecule has 2 heteroatoms. The summed E-state index contributed by atoms with van der Waals surface area (Å²) in [4.78, 5) is 2.43. The van der Waals surface area contributed by atoms with Gasteiger partial charge in [-0.2, -0.15) is 0 Å². The van der Waals surface area contributed by atoms with Crippen molar-refractivity contribution in [3.63, 3.8) is 0 Å². The first-order valence-electron chi connectivity index (χ1n) is 10.2. The molecule has 1 saturated heterocycles. The van der Waals surface area contributed by atoms with Crippen molar-refractivity contribution in [1.82, 2.24) is 4.90 Å². The van der Waals surface area contributed by atoms with Gasteiger partial charge in [-0.3, -0.25) is 0 Å². The highest BCUT2D eigenvalue weighted by Crippen LogP contribution is 2.25. The quantitative estimate of drug-likeness (QED) is 0.423. The summed E-state index contributed by atoms with van der Waals surface area (Å²) in [6.07, 6.45) is 8.02. The molecule has 0 bridgehead atoms. The van der Waals surface area contributed by atoms with Crippen LogP contribution in [0.4, 0.5) is 0 Å². The minimum atomic E-state index is 0.500. The fraction of sp³-hybridized carbons (Fsp3) is 0.667. The minimum Gasteiger partial charge on any atom is -0.376 e. The number of hydrogen-bond acceptors (Lipinski definition) is 1. The maximum absolute atomic E-state index is 4.05. The summed E-state index contributed by atoms with van der Waals surface area (Å²) in [5.41, 5.74) is 4.56. The van der Waals surface area contributed by atoms with Crippen molar-refractivity contribution in [1.29, 1.82) is 0 Å². The molecule has 0 N–H and O–H groups in total. The molecule has 1 heterocycles. The summed E-state index contributed by atoms with van der Waals surface area (Å²) in [6.45, 7) is 19.5. The summed E-state index contributed by atoms with van der Waals surface area (Å²) in [5.74, 6) is 0.937. The highest BCUT2D eigenvalue weighted by atomic mass is 79.9. The molecule has 0 unspecified atom stereocenters. The average molecular weight is 422 g/mol. The minimum absolute atomic E-state index is 0.500. The third-order valence-electron chi connectivity index (χ3n) is 4.70. The lowest BCUT2D eigenvalue weighted by Crippen LogP contribution is -2.31. The molecule has 1 fully saturated rings. The van der Waals surface area contributed by atoms with Gasteiger partial charge in [0.1, 0.15) is 0 Å². The summed E-state index contributed by atoms with van der Waals surface area (Å²) >= 11 is 3.57. The summed E-state index contributed by atoms with van der Waals surface area (Å²) in [5, 5.41) is 0. The van der Waals surface area contributed by atoms with Gasteiger partial charge in [0.25, 0.3) is 0 Å². The Labute approximate surface area is 171 Å². The first kappa shape index (κ1) is 23.3. The van der Waals surface area contributed by atoms with Crippen LogP contribution in [0.15, 0.2) is 34.9 Å². The molecule has 1 aliphatic rings. The lowest BCUT2D eigenvalue weighted by Gasteiger charge is -2.33. The van der Waals surface area contributed by atoms with E-state index in [1.54, 1.807) is 0 Å². The zero-order valence-corrected chi connectivity index (χ0v) is 19.6. The van der Waals surface area contributed by atoms with Gasteiger partial charge in [-0.05, 0) is 68.1 Å². The van der Waals surface area contributed by atoms with Crippen LogP contribution < -0.4 is 0 Å². The fourth-order valence-corrected chi connectivity index (χ4v) is 3.47. The third-order valence-corrected chi connectivity index (χ3v) is 5.59. The van der Waals surface area contributed by atoms with Crippen molar-refractivity contribution in [2.45, 2.75) is 80.1 Å². The van der Waals surface area contributed by atoms with Crippen molar-refractivity contribution in [3.8, 4) is 0 Å². The number of halogens is 1. The molecule has 0 atom stereocenters. The number of aryl methyl sites for hydroxylation is 2. The molecule has 1 nitrogen and oxygen atoms in total. The van der Waals surface area contributed by atoms with Gasteiger partial charge < -0.3 is 4.90 Å². The smallest absolute Gasteiger partial charge is 0.0204 e. The molecule has 0 saturated carbocycles. The second-order valence-corrected chi connectivity index (χ2v) is 10.3. The Kier molecular flexibility index (Phi) is 10.00. The number of likely N-dealkylation sites (tertiary alicyclic amines) is 1. The molecule has 1 aliphatic heterocycles. The maximum atomic E-state index is 4.05. The highest BCUT2D eigenvalue weighted by Gasteiger charge is 2.18. The van der Waals surface area contributed by atoms with E-state index in [4.69, 9.17) is 0 Å². The van der Waals surface area contributed by atoms with E-state index in [1.165, 1.54) is 72.9 Å². The van der Waals surface area contributed by atoms with E-state index in [-0.39, 0.29) is 0 Å². The van der Waals surface area contributed by atoms with E-state index < -0.39 is 0 Å². The van der Waals surface area contributed by atoms with Crippen LogP contribution in [0.3, 0.4) is 0 Å².